The summed E-state index contributed by atoms with van der Waals surface area (Å²) in [7, 11) is -2.36. The maximum Gasteiger partial charge on any atom is 0.164 e. The summed E-state index contributed by atoms with van der Waals surface area (Å²) in [6.07, 6.45) is 0. The monoisotopic (exact) mass is 680 g/mol. The van der Waals surface area contributed by atoms with Crippen molar-refractivity contribution in [3.63, 3.8) is 0 Å². The first-order chi connectivity index (χ1) is 25.5. The highest BCUT2D eigenvalue weighted by atomic mass is 28.3. The number of aromatic nitrogens is 4. The molecule has 0 saturated heterocycles. The van der Waals surface area contributed by atoms with Gasteiger partial charge in [0.2, 0.25) is 0 Å². The number of benzene rings is 7. The van der Waals surface area contributed by atoms with E-state index in [4.69, 9.17) is 15.0 Å². The molecule has 0 aliphatic carbocycles. The molecule has 4 nitrogen and oxygen atoms in total. The zero-order valence-corrected chi connectivity index (χ0v) is 29.8. The molecule has 8 bridgehead atoms. The van der Waals surface area contributed by atoms with E-state index in [-0.39, 0.29) is 0 Å². The lowest BCUT2D eigenvalue weighted by Gasteiger charge is -2.23. The first-order valence-electron chi connectivity index (χ1n) is 17.9. The summed E-state index contributed by atoms with van der Waals surface area (Å²) >= 11 is 0. The Morgan fingerprint density at radius 1 is 0.404 bits per heavy atom. The van der Waals surface area contributed by atoms with Crippen LogP contribution < -0.4 is 10.4 Å². The second-order valence-electron chi connectivity index (χ2n) is 14.5. The van der Waals surface area contributed by atoms with Crippen LogP contribution in [0.1, 0.15) is 0 Å². The largest absolute Gasteiger partial charge is 0.309 e. The van der Waals surface area contributed by atoms with Crippen molar-refractivity contribution < 1.29 is 0 Å². The molecule has 5 heteroatoms. The minimum atomic E-state index is -2.36. The van der Waals surface area contributed by atoms with E-state index in [0.717, 1.165) is 44.9 Å². The van der Waals surface area contributed by atoms with Crippen LogP contribution >= 0.6 is 0 Å². The minimum absolute atomic E-state index is 0.673. The van der Waals surface area contributed by atoms with Crippen LogP contribution in [0, 0.1) is 0 Å². The Kier molecular flexibility index (Phi) is 6.08. The molecule has 0 unspecified atom stereocenters. The third kappa shape index (κ3) is 4.17. The fourth-order valence-electron chi connectivity index (χ4n) is 8.80. The first-order valence-corrected chi connectivity index (χ1v) is 20.9. The molecule has 0 amide bonds. The molecule has 4 heterocycles. The summed E-state index contributed by atoms with van der Waals surface area (Å²) in [6, 6.07) is 57.0. The van der Waals surface area contributed by atoms with Crippen molar-refractivity contribution in [2.75, 3.05) is 0 Å². The Morgan fingerprint density at radius 2 is 1.00 bits per heavy atom. The van der Waals surface area contributed by atoms with E-state index in [1.165, 1.54) is 48.9 Å². The molecule has 0 atom stereocenters. The Hall–Kier alpha value is -6.43. The topological polar surface area (TPSA) is 43.6 Å². The molecule has 0 N–H and O–H groups in total. The predicted octanol–water partition coefficient (Wildman–Crippen LogP) is 10.4. The highest BCUT2D eigenvalue weighted by Gasteiger charge is 2.42. The molecule has 7 aromatic carbocycles. The van der Waals surface area contributed by atoms with Gasteiger partial charge in [-0.2, -0.15) is 0 Å². The van der Waals surface area contributed by atoms with Gasteiger partial charge in [-0.05, 0) is 68.0 Å². The number of hydrogen-bond donors (Lipinski definition) is 0. The van der Waals surface area contributed by atoms with Gasteiger partial charge in [0.15, 0.2) is 17.5 Å². The van der Waals surface area contributed by atoms with Gasteiger partial charge in [-0.15, -0.1) is 0 Å². The van der Waals surface area contributed by atoms with Gasteiger partial charge < -0.3 is 4.57 Å². The zero-order chi connectivity index (χ0) is 34.6. The Morgan fingerprint density at radius 3 is 1.85 bits per heavy atom. The highest BCUT2D eigenvalue weighted by Crippen LogP contribution is 2.41. The minimum Gasteiger partial charge on any atom is -0.309 e. The molecule has 0 saturated carbocycles. The Bertz CT molecular complexity index is 2920. The fraction of sp³-hybridized carbons (Fsp3) is 0.0426. The van der Waals surface area contributed by atoms with Gasteiger partial charge in [-0.25, -0.2) is 15.0 Å². The van der Waals surface area contributed by atoms with E-state index in [1.807, 2.05) is 6.07 Å². The average Bonchev–Trinajstić information content (AvgIpc) is 3.66. The molecule has 2 aliphatic rings. The number of para-hydroxylation sites is 1. The summed E-state index contributed by atoms with van der Waals surface area (Å²) < 4.78 is 2.52. The molecule has 244 valence electrons. The summed E-state index contributed by atoms with van der Waals surface area (Å²) in [4.78, 5) is 15.8. The Balaban J connectivity index is 1.23. The van der Waals surface area contributed by atoms with Gasteiger partial charge in [0, 0.05) is 33.2 Å². The molecular weight excluding hydrogens is 649 g/mol. The van der Waals surface area contributed by atoms with E-state index in [2.05, 4.69) is 169 Å². The smallest absolute Gasteiger partial charge is 0.164 e. The van der Waals surface area contributed by atoms with Crippen LogP contribution in [0.2, 0.25) is 13.1 Å². The maximum atomic E-state index is 5.31. The zero-order valence-electron chi connectivity index (χ0n) is 28.8. The quantitative estimate of drug-likeness (QED) is 0.171. The number of hydrogen-bond acceptors (Lipinski definition) is 3. The van der Waals surface area contributed by atoms with Crippen molar-refractivity contribution in [1.29, 1.82) is 0 Å². The van der Waals surface area contributed by atoms with Gasteiger partial charge >= 0.3 is 0 Å². The molecule has 2 aliphatic heterocycles. The summed E-state index contributed by atoms with van der Waals surface area (Å²) in [6.45, 7) is 5.01. The second-order valence-corrected chi connectivity index (χ2v) is 18.7. The van der Waals surface area contributed by atoms with E-state index in [9.17, 15) is 0 Å². The van der Waals surface area contributed by atoms with Crippen LogP contribution in [0.25, 0.3) is 95.0 Å². The highest BCUT2D eigenvalue weighted by molar-refractivity contribution is 7.05. The molecule has 52 heavy (non-hydrogen) atoms. The van der Waals surface area contributed by atoms with Crippen molar-refractivity contribution in [2.45, 2.75) is 13.1 Å². The van der Waals surface area contributed by atoms with E-state index in [1.54, 1.807) is 0 Å². The second kappa shape index (κ2) is 10.8. The lowest BCUT2D eigenvalue weighted by molar-refractivity contribution is 1.08. The lowest BCUT2D eigenvalue weighted by Crippen LogP contribution is -2.50. The van der Waals surface area contributed by atoms with E-state index >= 15 is 0 Å². The van der Waals surface area contributed by atoms with E-state index in [0.29, 0.717) is 11.6 Å². The third-order valence-corrected chi connectivity index (χ3v) is 14.7. The van der Waals surface area contributed by atoms with Crippen molar-refractivity contribution >= 4 is 40.3 Å². The van der Waals surface area contributed by atoms with Crippen molar-refractivity contribution in [3.05, 3.63) is 158 Å². The van der Waals surface area contributed by atoms with Crippen molar-refractivity contribution in [3.8, 4) is 73.2 Å². The number of fused-ring (bicyclic) bond motifs is 14. The molecule has 0 radical (unpaired) electrons. The van der Waals surface area contributed by atoms with Gasteiger partial charge in [-0.3, -0.25) is 0 Å². The van der Waals surface area contributed by atoms with Crippen LogP contribution in [-0.4, -0.2) is 27.6 Å². The summed E-state index contributed by atoms with van der Waals surface area (Å²) in [5.41, 5.74) is 14.0. The Labute approximate surface area is 302 Å². The molecule has 0 spiro atoms. The fourth-order valence-corrected chi connectivity index (χ4v) is 12.5. The summed E-state index contributed by atoms with van der Waals surface area (Å²) in [5.74, 6) is 2.06. The van der Waals surface area contributed by atoms with Gasteiger partial charge in [0.25, 0.3) is 0 Å². The van der Waals surface area contributed by atoms with Crippen LogP contribution in [0.4, 0.5) is 0 Å². The van der Waals surface area contributed by atoms with E-state index < -0.39 is 8.07 Å². The third-order valence-electron chi connectivity index (χ3n) is 11.1. The molecule has 2 aromatic heterocycles. The van der Waals surface area contributed by atoms with Gasteiger partial charge in [0.05, 0.1) is 11.0 Å². The van der Waals surface area contributed by atoms with Gasteiger partial charge in [-0.1, -0.05) is 147 Å². The maximum absolute atomic E-state index is 5.31. The number of rotatable bonds is 2. The van der Waals surface area contributed by atoms with Gasteiger partial charge in [0.1, 0.15) is 8.07 Å². The van der Waals surface area contributed by atoms with Crippen LogP contribution in [0.5, 0.6) is 0 Å². The first kappa shape index (κ1) is 29.3. The standard InChI is InChI=1S/C47H32N4Si/c1-52(2)43-38-18-10-19-40(43)47-49-45(31-23-21-30(22-24-31)29-11-4-3-5-12-29)48-46(50-47)34-15-8-13-32(27-34)33-14-9-16-35(28-33)51-41-20-7-6-17-36(41)37-25-26-39(38)44(52)42(37)51/h3-28H,1-2H3. The molecule has 0 fully saturated rings. The van der Waals surface area contributed by atoms with Crippen molar-refractivity contribution in [1.82, 2.24) is 19.5 Å². The predicted molar refractivity (Wildman–Crippen MR) is 217 cm³/mol. The SMILES string of the molecule is C[Si]1(C)c2c3cccc2-c2ccc4c5ccccc5n(c4c21)-c1cccc(c1)-c1cccc(c1)-c1nc(-c2ccc(-c4ccccc4)cc2)nc-3n1. The average molecular weight is 681 g/mol. The normalized spacial score (nSPS) is 13.3. The molecular formula is C47H32N4Si. The lowest BCUT2D eigenvalue weighted by atomic mass is 10.00. The van der Waals surface area contributed by atoms with Crippen molar-refractivity contribution in [2.24, 2.45) is 0 Å². The number of nitrogens with zero attached hydrogens (tertiary/aromatic N) is 4. The van der Waals surface area contributed by atoms with Crippen LogP contribution in [0.15, 0.2) is 158 Å². The molecule has 9 aromatic rings. The van der Waals surface area contributed by atoms with Crippen LogP contribution in [0.3, 0.4) is 0 Å². The molecule has 11 rings (SSSR count). The summed E-state index contributed by atoms with van der Waals surface area (Å²) in [5, 5.41) is 5.43. The van der Waals surface area contributed by atoms with Crippen LogP contribution in [-0.2, 0) is 0 Å².